The summed E-state index contributed by atoms with van der Waals surface area (Å²) in [5.74, 6) is -0.227. The fourth-order valence-electron chi connectivity index (χ4n) is 4.12. The van der Waals surface area contributed by atoms with Gasteiger partial charge in [0.1, 0.15) is 24.8 Å². The predicted octanol–water partition coefficient (Wildman–Crippen LogP) is 3.44. The molecule has 0 aliphatic carbocycles. The standard InChI is InChI=1S/C25H39N6O7P/c1-7-20-22(38-39(36-15-9-12-27)31(17(2)3)18(4)5)23(35-16-34-14-8-11-26)24(37-20)30-13-10-21(28-19(6)32)29-25(30)33/h10,13,17-18,20,22-24H,7-9,14-16H2,1-6H3,(H,28,29,32,33)/t20-,22+,23?,24-,39?/m1/s1. The van der Waals surface area contributed by atoms with Crippen molar-refractivity contribution in [1.29, 1.82) is 10.5 Å². The molecule has 0 saturated carbocycles. The highest BCUT2D eigenvalue weighted by molar-refractivity contribution is 7.44. The van der Waals surface area contributed by atoms with Crippen LogP contribution in [0.15, 0.2) is 17.1 Å². The largest absolute Gasteiger partial charge is 0.354 e. The number of ether oxygens (including phenoxy) is 3. The molecule has 1 saturated heterocycles. The number of carbonyl (C=O) groups is 1. The third-order valence-electron chi connectivity index (χ3n) is 5.67. The Morgan fingerprint density at radius 3 is 2.44 bits per heavy atom. The monoisotopic (exact) mass is 566 g/mol. The molecule has 2 rings (SSSR count). The quantitative estimate of drug-likeness (QED) is 0.177. The van der Waals surface area contributed by atoms with Crippen LogP contribution < -0.4 is 11.0 Å². The molecule has 216 valence electrons. The zero-order chi connectivity index (χ0) is 28.9. The molecular weight excluding hydrogens is 527 g/mol. The van der Waals surface area contributed by atoms with Gasteiger partial charge in [-0.05, 0) is 40.2 Å². The van der Waals surface area contributed by atoms with Crippen molar-refractivity contribution >= 4 is 20.3 Å². The van der Waals surface area contributed by atoms with Gasteiger partial charge in [-0.3, -0.25) is 9.36 Å². The van der Waals surface area contributed by atoms with Gasteiger partial charge in [0.2, 0.25) is 5.91 Å². The fourth-order valence-corrected chi connectivity index (χ4v) is 5.89. The number of nitrogens with zero attached hydrogens (tertiary/aromatic N) is 5. The molecule has 1 N–H and O–H groups in total. The molecule has 0 bridgehead atoms. The summed E-state index contributed by atoms with van der Waals surface area (Å²) >= 11 is 0. The van der Waals surface area contributed by atoms with Crippen LogP contribution in [-0.2, 0) is 28.1 Å². The zero-order valence-corrected chi connectivity index (χ0v) is 24.3. The first kappa shape index (κ1) is 32.7. The van der Waals surface area contributed by atoms with Gasteiger partial charge in [0.15, 0.2) is 6.23 Å². The highest BCUT2D eigenvalue weighted by Gasteiger charge is 2.49. The number of amides is 1. The predicted molar refractivity (Wildman–Crippen MR) is 143 cm³/mol. The summed E-state index contributed by atoms with van der Waals surface area (Å²) in [5, 5.41) is 20.3. The van der Waals surface area contributed by atoms with Gasteiger partial charge in [0.25, 0.3) is 8.53 Å². The zero-order valence-electron chi connectivity index (χ0n) is 23.4. The molecule has 13 nitrogen and oxygen atoms in total. The normalized spacial score (nSPS) is 21.7. The molecule has 1 fully saturated rings. The van der Waals surface area contributed by atoms with E-state index in [2.05, 4.69) is 21.0 Å². The molecule has 14 heteroatoms. The van der Waals surface area contributed by atoms with Gasteiger partial charge in [-0.2, -0.15) is 15.5 Å². The first-order valence-corrected chi connectivity index (χ1v) is 14.1. The average molecular weight is 567 g/mol. The average Bonchev–Trinajstić information content (AvgIpc) is 3.20. The summed E-state index contributed by atoms with van der Waals surface area (Å²) in [6, 6.07) is 5.76. The van der Waals surface area contributed by atoms with Gasteiger partial charge in [-0.15, -0.1) is 0 Å². The van der Waals surface area contributed by atoms with E-state index in [9.17, 15) is 9.59 Å². The number of hydrogen-bond acceptors (Lipinski definition) is 11. The Morgan fingerprint density at radius 1 is 1.21 bits per heavy atom. The number of hydrogen-bond donors (Lipinski definition) is 1. The van der Waals surface area contributed by atoms with Crippen molar-refractivity contribution in [2.75, 3.05) is 25.3 Å². The van der Waals surface area contributed by atoms with Crippen molar-refractivity contribution in [2.24, 2.45) is 0 Å². The summed E-state index contributed by atoms with van der Waals surface area (Å²) < 4.78 is 33.9. The van der Waals surface area contributed by atoms with E-state index in [1.54, 1.807) is 0 Å². The van der Waals surface area contributed by atoms with E-state index in [0.717, 1.165) is 0 Å². The number of carbonyl (C=O) groups excluding carboxylic acids is 1. The molecule has 5 atom stereocenters. The topological polar surface area (TPSA) is 161 Å². The van der Waals surface area contributed by atoms with Gasteiger partial charge < -0.3 is 28.6 Å². The molecule has 0 aromatic carbocycles. The first-order chi connectivity index (χ1) is 18.6. The summed E-state index contributed by atoms with van der Waals surface area (Å²) in [7, 11) is -1.63. The Labute approximate surface area is 230 Å². The number of aromatic nitrogens is 2. The number of nitriles is 2. The Morgan fingerprint density at radius 2 is 1.87 bits per heavy atom. The molecule has 1 aliphatic heterocycles. The minimum absolute atomic E-state index is 0.0817. The smallest absolute Gasteiger partial charge is 0.351 e. The fraction of sp³-hybridized carbons (Fsp3) is 0.720. The SMILES string of the molecule is CC[C@H]1O[C@@H](n2ccc(NC(C)=O)nc2=O)C(OCOCCC#N)[C@H]1OP(OCCC#N)N(C(C)C)C(C)C. The van der Waals surface area contributed by atoms with Crippen LogP contribution >= 0.6 is 8.53 Å². The molecule has 1 amide bonds. The molecule has 1 aromatic rings. The van der Waals surface area contributed by atoms with Crippen molar-refractivity contribution in [2.45, 2.75) is 97.4 Å². The Balaban J connectivity index is 2.42. The minimum atomic E-state index is -1.63. The maximum atomic E-state index is 13.0. The molecule has 39 heavy (non-hydrogen) atoms. The van der Waals surface area contributed by atoms with Crippen molar-refractivity contribution in [3.05, 3.63) is 22.7 Å². The van der Waals surface area contributed by atoms with Gasteiger partial charge >= 0.3 is 5.69 Å². The lowest BCUT2D eigenvalue weighted by Gasteiger charge is -2.38. The van der Waals surface area contributed by atoms with Crippen LogP contribution in [0, 0.1) is 22.7 Å². The second-order valence-corrected chi connectivity index (χ2v) is 10.7. The highest BCUT2D eigenvalue weighted by Crippen LogP contribution is 2.50. The lowest BCUT2D eigenvalue weighted by atomic mass is 10.1. The Bertz CT molecular complexity index is 1050. The van der Waals surface area contributed by atoms with E-state index in [-0.39, 0.29) is 56.7 Å². The minimum Gasteiger partial charge on any atom is -0.354 e. The van der Waals surface area contributed by atoms with Gasteiger partial charge in [0, 0.05) is 25.2 Å². The van der Waals surface area contributed by atoms with E-state index in [1.165, 1.54) is 23.8 Å². The van der Waals surface area contributed by atoms with Crippen LogP contribution in [0.5, 0.6) is 0 Å². The van der Waals surface area contributed by atoms with Crippen LogP contribution in [0.2, 0.25) is 0 Å². The Hall–Kier alpha value is -2.48. The van der Waals surface area contributed by atoms with Gasteiger partial charge in [-0.25, -0.2) is 9.46 Å². The number of anilines is 1. The maximum Gasteiger partial charge on any atom is 0.351 e. The molecule has 2 unspecified atom stereocenters. The second-order valence-electron chi connectivity index (χ2n) is 9.34. The van der Waals surface area contributed by atoms with Crippen LogP contribution in [0.4, 0.5) is 5.82 Å². The van der Waals surface area contributed by atoms with E-state index < -0.39 is 38.8 Å². The van der Waals surface area contributed by atoms with Crippen molar-refractivity contribution in [3.8, 4) is 12.1 Å². The number of nitrogens with one attached hydrogen (secondary N) is 1. The van der Waals surface area contributed by atoms with Gasteiger partial charge in [-0.1, -0.05) is 6.92 Å². The molecule has 0 radical (unpaired) electrons. The van der Waals surface area contributed by atoms with Crippen LogP contribution in [0.1, 0.15) is 67.0 Å². The first-order valence-electron chi connectivity index (χ1n) is 13.0. The lowest BCUT2D eigenvalue weighted by Crippen LogP contribution is -2.41. The highest BCUT2D eigenvalue weighted by atomic mass is 31.2. The van der Waals surface area contributed by atoms with Crippen molar-refractivity contribution in [1.82, 2.24) is 14.2 Å². The van der Waals surface area contributed by atoms with E-state index in [1.807, 2.05) is 40.7 Å². The molecule has 1 aromatic heterocycles. The molecule has 1 aliphatic rings. The summed E-state index contributed by atoms with van der Waals surface area (Å²) in [6.45, 7) is 11.6. The van der Waals surface area contributed by atoms with Crippen molar-refractivity contribution < 1.29 is 28.1 Å². The summed E-state index contributed by atoms with van der Waals surface area (Å²) in [6.07, 6.45) is -0.387. The Kier molecular flexibility index (Phi) is 13.9. The van der Waals surface area contributed by atoms with Gasteiger partial charge in [0.05, 0.1) is 44.3 Å². The van der Waals surface area contributed by atoms with Crippen LogP contribution in [-0.4, -0.2) is 70.5 Å². The number of rotatable bonds is 16. The van der Waals surface area contributed by atoms with E-state index in [4.69, 9.17) is 33.8 Å². The van der Waals surface area contributed by atoms with Crippen LogP contribution in [0.25, 0.3) is 0 Å². The summed E-state index contributed by atoms with van der Waals surface area (Å²) in [4.78, 5) is 28.3. The molecule has 2 heterocycles. The van der Waals surface area contributed by atoms with E-state index in [0.29, 0.717) is 6.42 Å². The van der Waals surface area contributed by atoms with Crippen molar-refractivity contribution in [3.63, 3.8) is 0 Å². The van der Waals surface area contributed by atoms with E-state index >= 15 is 0 Å². The third kappa shape index (κ3) is 9.59. The second kappa shape index (κ2) is 16.6. The summed E-state index contributed by atoms with van der Waals surface area (Å²) in [5.41, 5.74) is -0.640. The molecule has 0 spiro atoms. The maximum absolute atomic E-state index is 13.0. The third-order valence-corrected chi connectivity index (χ3v) is 7.80. The van der Waals surface area contributed by atoms with Crippen LogP contribution in [0.3, 0.4) is 0 Å². The lowest BCUT2D eigenvalue weighted by molar-refractivity contribution is -0.137. The molecular formula is C25H39N6O7P.